The largest absolute Gasteiger partial charge is 0.384 e. The van der Waals surface area contributed by atoms with Gasteiger partial charge < -0.3 is 15.5 Å². The number of carbonyl (C=O) groups is 1. The van der Waals surface area contributed by atoms with Crippen molar-refractivity contribution in [3.8, 4) is 0 Å². The highest BCUT2D eigenvalue weighted by molar-refractivity contribution is 5.84. The van der Waals surface area contributed by atoms with Crippen LogP contribution in [0.4, 0.5) is 17.1 Å². The lowest BCUT2D eigenvalue weighted by atomic mass is 10.1. The van der Waals surface area contributed by atoms with E-state index in [1.807, 2.05) is 0 Å². The fraction of sp³-hybridized carbons (Fsp3) is 0.417. The zero-order chi connectivity index (χ0) is 14.0. The maximum atomic E-state index is 11.6. The molecule has 19 heavy (non-hydrogen) atoms. The molecule has 0 aliphatic carbocycles. The van der Waals surface area contributed by atoms with Gasteiger partial charge in [-0.15, -0.1) is 0 Å². The average Bonchev–Trinajstić information content (AvgIpc) is 2.83. The fourth-order valence-corrected chi connectivity index (χ4v) is 2.05. The summed E-state index contributed by atoms with van der Waals surface area (Å²) in [6.07, 6.45) is 0.718. The number of nitrogens with one attached hydrogen (secondary N) is 2. The molecule has 0 aromatic heterocycles. The summed E-state index contributed by atoms with van der Waals surface area (Å²) in [6, 6.07) is 3.17. The smallest absolute Gasteiger partial charge is 0.292 e. The molecule has 0 saturated carbocycles. The first-order valence-corrected chi connectivity index (χ1v) is 5.99. The predicted molar refractivity (Wildman–Crippen MR) is 72.5 cm³/mol. The van der Waals surface area contributed by atoms with Crippen LogP contribution in [0.2, 0.25) is 0 Å². The minimum Gasteiger partial charge on any atom is -0.384 e. The summed E-state index contributed by atoms with van der Waals surface area (Å²) >= 11 is 0. The van der Waals surface area contributed by atoms with Gasteiger partial charge in [-0.3, -0.25) is 14.9 Å². The summed E-state index contributed by atoms with van der Waals surface area (Å²) in [7, 11) is 3.30. The molecule has 0 unspecified atom stereocenters. The number of hydrogen-bond acceptors (Lipinski definition) is 5. The Morgan fingerprint density at radius 3 is 2.89 bits per heavy atom. The molecule has 1 aromatic carbocycles. The minimum absolute atomic E-state index is 0.00834. The molecule has 102 valence electrons. The lowest BCUT2D eigenvalue weighted by Gasteiger charge is -2.14. The van der Waals surface area contributed by atoms with Crippen molar-refractivity contribution in [2.45, 2.75) is 6.42 Å². The van der Waals surface area contributed by atoms with Gasteiger partial charge in [0.1, 0.15) is 5.69 Å². The van der Waals surface area contributed by atoms with E-state index in [0.29, 0.717) is 5.69 Å². The maximum Gasteiger partial charge on any atom is 0.292 e. The Kier molecular flexibility index (Phi) is 3.55. The van der Waals surface area contributed by atoms with Crippen LogP contribution in [0, 0.1) is 10.1 Å². The van der Waals surface area contributed by atoms with Gasteiger partial charge in [-0.05, 0) is 12.5 Å². The second-order valence-electron chi connectivity index (χ2n) is 4.56. The Bertz CT molecular complexity index is 528. The van der Waals surface area contributed by atoms with Crippen molar-refractivity contribution in [2.24, 2.45) is 0 Å². The zero-order valence-electron chi connectivity index (χ0n) is 10.9. The third kappa shape index (κ3) is 2.59. The monoisotopic (exact) mass is 264 g/mol. The van der Waals surface area contributed by atoms with E-state index in [9.17, 15) is 14.9 Å². The van der Waals surface area contributed by atoms with Crippen LogP contribution in [0.25, 0.3) is 0 Å². The number of anilines is 2. The van der Waals surface area contributed by atoms with E-state index in [1.54, 1.807) is 20.2 Å². The predicted octanol–water partition coefficient (Wildman–Crippen LogP) is 1.06. The van der Waals surface area contributed by atoms with Gasteiger partial charge in [0.2, 0.25) is 5.91 Å². The summed E-state index contributed by atoms with van der Waals surface area (Å²) in [6.45, 7) is 0.803. The second kappa shape index (κ2) is 5.13. The van der Waals surface area contributed by atoms with Gasteiger partial charge in [-0.25, -0.2) is 0 Å². The summed E-state index contributed by atoms with van der Waals surface area (Å²) in [5.74, 6) is -0.127. The zero-order valence-corrected chi connectivity index (χ0v) is 10.9. The molecule has 0 fully saturated rings. The fourth-order valence-electron chi connectivity index (χ4n) is 2.05. The van der Waals surface area contributed by atoms with Crippen LogP contribution in [0.15, 0.2) is 12.1 Å². The standard InChI is InChI=1S/C12H16N4O3/c1-15(2)11(17)7-14-12-8-5-6-13-9(8)3-4-10(12)16(18)19/h3-4,13-14H,5-7H2,1-2H3. The Hall–Kier alpha value is -2.31. The van der Waals surface area contributed by atoms with Crippen molar-refractivity contribution in [3.63, 3.8) is 0 Å². The number of amides is 1. The molecule has 2 rings (SSSR count). The molecule has 0 atom stereocenters. The van der Waals surface area contributed by atoms with E-state index < -0.39 is 4.92 Å². The van der Waals surface area contributed by atoms with E-state index in [-0.39, 0.29) is 18.1 Å². The van der Waals surface area contributed by atoms with Crippen LogP contribution in [0.3, 0.4) is 0 Å². The molecule has 7 nitrogen and oxygen atoms in total. The Labute approximate surface area is 110 Å². The van der Waals surface area contributed by atoms with Gasteiger partial charge in [0.05, 0.1) is 11.5 Å². The van der Waals surface area contributed by atoms with Gasteiger partial charge in [0.25, 0.3) is 5.69 Å². The first kappa shape index (κ1) is 13.1. The van der Waals surface area contributed by atoms with E-state index in [2.05, 4.69) is 10.6 Å². The van der Waals surface area contributed by atoms with Gasteiger partial charge in [-0.1, -0.05) is 0 Å². The molecule has 1 aliphatic rings. The number of likely N-dealkylation sites (N-methyl/N-ethyl adjacent to an activating group) is 1. The number of carbonyl (C=O) groups excluding carboxylic acids is 1. The minimum atomic E-state index is -0.429. The summed E-state index contributed by atoms with van der Waals surface area (Å²) in [5, 5.41) is 17.1. The molecule has 1 amide bonds. The summed E-state index contributed by atoms with van der Waals surface area (Å²) < 4.78 is 0. The number of nitro benzene ring substituents is 1. The molecule has 0 spiro atoms. The number of rotatable bonds is 4. The van der Waals surface area contributed by atoms with Crippen LogP contribution in [0.1, 0.15) is 5.56 Å². The molecule has 2 N–H and O–H groups in total. The molecule has 7 heteroatoms. The van der Waals surface area contributed by atoms with Crippen molar-refractivity contribution in [1.82, 2.24) is 4.90 Å². The SMILES string of the molecule is CN(C)C(=O)CNc1c([N+](=O)[O-])ccc2c1CCN2. The van der Waals surface area contributed by atoms with Gasteiger partial charge in [-0.2, -0.15) is 0 Å². The van der Waals surface area contributed by atoms with E-state index >= 15 is 0 Å². The van der Waals surface area contributed by atoms with E-state index in [4.69, 9.17) is 0 Å². The Balaban J connectivity index is 2.29. The number of hydrogen-bond donors (Lipinski definition) is 2. The van der Waals surface area contributed by atoms with Gasteiger partial charge in [0.15, 0.2) is 0 Å². The first-order valence-electron chi connectivity index (χ1n) is 5.99. The van der Waals surface area contributed by atoms with E-state index in [1.165, 1.54) is 11.0 Å². The lowest BCUT2D eigenvalue weighted by molar-refractivity contribution is -0.384. The molecule has 0 bridgehead atoms. The molecule has 1 aliphatic heterocycles. The normalized spacial score (nSPS) is 12.5. The maximum absolute atomic E-state index is 11.6. The third-order valence-corrected chi connectivity index (χ3v) is 3.09. The quantitative estimate of drug-likeness (QED) is 0.627. The van der Waals surface area contributed by atoms with Crippen LogP contribution >= 0.6 is 0 Å². The lowest BCUT2D eigenvalue weighted by Crippen LogP contribution is -2.29. The molecule has 1 heterocycles. The highest BCUT2D eigenvalue weighted by atomic mass is 16.6. The number of benzene rings is 1. The number of nitro groups is 1. The van der Waals surface area contributed by atoms with Crippen molar-refractivity contribution >= 4 is 23.0 Å². The number of fused-ring (bicyclic) bond motifs is 1. The van der Waals surface area contributed by atoms with Gasteiger partial charge >= 0.3 is 0 Å². The molecule has 0 saturated heterocycles. The van der Waals surface area contributed by atoms with Crippen molar-refractivity contribution in [2.75, 3.05) is 37.8 Å². The Morgan fingerprint density at radius 1 is 1.53 bits per heavy atom. The van der Waals surface area contributed by atoms with Crippen LogP contribution < -0.4 is 10.6 Å². The highest BCUT2D eigenvalue weighted by Gasteiger charge is 2.23. The summed E-state index contributed by atoms with van der Waals surface area (Å²) in [4.78, 5) is 23.6. The third-order valence-electron chi connectivity index (χ3n) is 3.09. The molecule has 1 aromatic rings. The van der Waals surface area contributed by atoms with Crippen molar-refractivity contribution in [3.05, 3.63) is 27.8 Å². The second-order valence-corrected chi connectivity index (χ2v) is 4.56. The van der Waals surface area contributed by atoms with Crippen LogP contribution in [0.5, 0.6) is 0 Å². The Morgan fingerprint density at radius 2 is 2.26 bits per heavy atom. The van der Waals surface area contributed by atoms with Gasteiger partial charge in [0, 0.05) is 38.0 Å². The average molecular weight is 264 g/mol. The molecular formula is C12H16N4O3. The van der Waals surface area contributed by atoms with Crippen LogP contribution in [-0.2, 0) is 11.2 Å². The topological polar surface area (TPSA) is 87.5 Å². The van der Waals surface area contributed by atoms with Crippen molar-refractivity contribution in [1.29, 1.82) is 0 Å². The number of nitrogens with zero attached hydrogens (tertiary/aromatic N) is 2. The first-order chi connectivity index (χ1) is 9.00. The van der Waals surface area contributed by atoms with E-state index in [0.717, 1.165) is 24.2 Å². The summed E-state index contributed by atoms with van der Waals surface area (Å²) in [5.41, 5.74) is 2.22. The van der Waals surface area contributed by atoms with Crippen LogP contribution in [-0.4, -0.2) is 42.9 Å². The highest BCUT2D eigenvalue weighted by Crippen LogP contribution is 2.36. The van der Waals surface area contributed by atoms with Crippen molar-refractivity contribution < 1.29 is 9.72 Å². The molecular weight excluding hydrogens is 248 g/mol. The molecule has 0 radical (unpaired) electrons.